The number of carbonyl (C=O) groups is 2. The van der Waals surface area contributed by atoms with Crippen molar-refractivity contribution in [2.75, 3.05) is 26.0 Å². The van der Waals surface area contributed by atoms with Gasteiger partial charge in [-0.3, -0.25) is 13.9 Å². The van der Waals surface area contributed by atoms with E-state index in [1.54, 1.807) is 13.0 Å². The molecule has 1 heterocycles. The number of likely N-dealkylation sites (tertiary alicyclic amines) is 1. The first-order valence-electron chi connectivity index (χ1n) is 12.2. The molecule has 2 aromatic carbocycles. The van der Waals surface area contributed by atoms with Gasteiger partial charge in [-0.05, 0) is 42.5 Å². The minimum absolute atomic E-state index is 0.292. The molecule has 0 saturated carbocycles. The largest absolute Gasteiger partial charge is 0.468 e. The highest BCUT2D eigenvalue weighted by Crippen LogP contribution is 2.47. The Morgan fingerprint density at radius 2 is 1.83 bits per heavy atom. The van der Waals surface area contributed by atoms with Gasteiger partial charge in [-0.25, -0.2) is 4.79 Å². The number of hydrogen-bond donors (Lipinski definition) is 0. The minimum Gasteiger partial charge on any atom is -0.468 e. The summed E-state index contributed by atoms with van der Waals surface area (Å²) in [5, 5.41) is 0. The number of ether oxygens (including phenoxy) is 2. The first-order chi connectivity index (χ1) is 17.0. The zero-order valence-electron chi connectivity index (χ0n) is 20.8. The smallest absolute Gasteiger partial charge is 0.330 e. The SMILES string of the molecule is CCCCS(=O)[C@@]1(C(=O)OC)CCN(Cc2ccccc2)[C@@H]1c1ccccc1/C=C/C(=O)OCC. The minimum atomic E-state index is -1.45. The van der Waals surface area contributed by atoms with Crippen LogP contribution in [0.15, 0.2) is 60.7 Å². The Hall–Kier alpha value is -2.77. The first-order valence-corrected chi connectivity index (χ1v) is 13.5. The summed E-state index contributed by atoms with van der Waals surface area (Å²) in [6, 6.07) is 17.2. The number of rotatable bonds is 11. The summed E-state index contributed by atoms with van der Waals surface area (Å²) in [6.45, 7) is 5.30. The van der Waals surface area contributed by atoms with E-state index in [2.05, 4.69) is 17.0 Å². The molecule has 2 aromatic rings. The maximum Gasteiger partial charge on any atom is 0.330 e. The van der Waals surface area contributed by atoms with Crippen molar-refractivity contribution in [2.24, 2.45) is 0 Å². The predicted molar refractivity (Wildman–Crippen MR) is 139 cm³/mol. The molecule has 1 aliphatic heterocycles. The molecule has 188 valence electrons. The van der Waals surface area contributed by atoms with E-state index in [4.69, 9.17) is 9.47 Å². The second-order valence-electron chi connectivity index (χ2n) is 8.61. The summed E-state index contributed by atoms with van der Waals surface area (Å²) in [7, 11) is -0.0834. The average Bonchev–Trinajstić information content (AvgIpc) is 3.26. The molecule has 0 bridgehead atoms. The number of nitrogens with zero attached hydrogens (tertiary/aromatic N) is 1. The molecule has 3 atom stereocenters. The van der Waals surface area contributed by atoms with Crippen LogP contribution in [0, 0.1) is 0 Å². The predicted octanol–water partition coefficient (Wildman–Crippen LogP) is 4.67. The highest BCUT2D eigenvalue weighted by atomic mass is 32.2. The second kappa shape index (κ2) is 12.8. The Labute approximate surface area is 210 Å². The summed E-state index contributed by atoms with van der Waals surface area (Å²) in [5.74, 6) is -0.445. The number of carbonyl (C=O) groups excluding carboxylic acids is 2. The van der Waals surface area contributed by atoms with E-state index in [1.807, 2.05) is 49.4 Å². The van der Waals surface area contributed by atoms with Crippen LogP contribution in [0.1, 0.15) is 55.8 Å². The number of unbranched alkanes of at least 4 members (excludes halogenated alkanes) is 1. The fourth-order valence-electron chi connectivity index (χ4n) is 4.74. The van der Waals surface area contributed by atoms with Gasteiger partial charge in [-0.15, -0.1) is 0 Å². The normalized spacial score (nSPS) is 21.2. The van der Waals surface area contributed by atoms with Gasteiger partial charge < -0.3 is 9.47 Å². The molecule has 0 radical (unpaired) electrons. The number of benzene rings is 2. The van der Waals surface area contributed by atoms with Crippen molar-refractivity contribution < 1.29 is 23.3 Å². The van der Waals surface area contributed by atoms with Gasteiger partial charge in [-0.1, -0.05) is 67.9 Å². The molecular formula is C28H35NO5S. The van der Waals surface area contributed by atoms with Gasteiger partial charge >= 0.3 is 11.9 Å². The van der Waals surface area contributed by atoms with Crippen LogP contribution >= 0.6 is 0 Å². The molecule has 7 heteroatoms. The number of esters is 2. The van der Waals surface area contributed by atoms with Crippen LogP contribution in [0.25, 0.3) is 6.08 Å². The van der Waals surface area contributed by atoms with Gasteiger partial charge in [0.1, 0.15) is 0 Å². The average molecular weight is 498 g/mol. The molecule has 35 heavy (non-hydrogen) atoms. The van der Waals surface area contributed by atoms with Crippen molar-refractivity contribution in [1.82, 2.24) is 4.90 Å². The molecule has 6 nitrogen and oxygen atoms in total. The van der Waals surface area contributed by atoms with Crippen molar-refractivity contribution in [2.45, 2.75) is 50.4 Å². The maximum absolute atomic E-state index is 13.9. The molecule has 0 spiro atoms. The third-order valence-electron chi connectivity index (χ3n) is 6.40. The molecular weight excluding hydrogens is 462 g/mol. The van der Waals surface area contributed by atoms with E-state index in [9.17, 15) is 13.8 Å². The summed E-state index contributed by atoms with van der Waals surface area (Å²) >= 11 is 0. The molecule has 1 aliphatic rings. The van der Waals surface area contributed by atoms with E-state index in [-0.39, 0.29) is 0 Å². The Morgan fingerprint density at radius 1 is 1.11 bits per heavy atom. The zero-order chi connectivity index (χ0) is 25.3. The molecule has 0 aliphatic carbocycles. The number of hydrogen-bond acceptors (Lipinski definition) is 6. The summed E-state index contributed by atoms with van der Waals surface area (Å²) in [5.41, 5.74) is 2.74. The van der Waals surface area contributed by atoms with Crippen molar-refractivity contribution in [3.8, 4) is 0 Å². The molecule has 1 unspecified atom stereocenters. The van der Waals surface area contributed by atoms with Crippen LogP contribution in [0.5, 0.6) is 0 Å². The fraction of sp³-hybridized carbons (Fsp3) is 0.429. The summed E-state index contributed by atoms with van der Waals surface area (Å²) in [4.78, 5) is 27.7. The quantitative estimate of drug-likeness (QED) is 0.332. The van der Waals surface area contributed by atoms with Crippen LogP contribution in [0.2, 0.25) is 0 Å². The van der Waals surface area contributed by atoms with Crippen molar-refractivity contribution >= 4 is 28.8 Å². The highest BCUT2D eigenvalue weighted by Gasteiger charge is 2.58. The van der Waals surface area contributed by atoms with Crippen LogP contribution in [0.3, 0.4) is 0 Å². The Kier molecular flexibility index (Phi) is 9.81. The lowest BCUT2D eigenvalue weighted by Crippen LogP contribution is -2.49. The lowest BCUT2D eigenvalue weighted by molar-refractivity contribution is -0.144. The number of methoxy groups -OCH3 is 1. The van der Waals surface area contributed by atoms with Crippen LogP contribution in [-0.2, 0) is 36.4 Å². The Bertz CT molecular complexity index is 1050. The molecule has 0 amide bonds. The standard InChI is InChI=1S/C28H35NO5S/c1-4-6-20-35(32)28(27(31)33-3)18-19-29(21-22-12-8-7-9-13-22)26(28)24-15-11-10-14-23(24)16-17-25(30)34-5-2/h7-17,26H,4-6,18-21H2,1-3H3/b17-16+/t26-,28+,35?/m1/s1. The van der Waals surface area contributed by atoms with Crippen LogP contribution in [0.4, 0.5) is 0 Å². The Balaban J connectivity index is 2.13. The summed E-state index contributed by atoms with van der Waals surface area (Å²) < 4.78 is 23.0. The maximum atomic E-state index is 13.9. The zero-order valence-corrected chi connectivity index (χ0v) is 21.6. The van der Waals surface area contributed by atoms with Gasteiger partial charge in [0.25, 0.3) is 0 Å². The third kappa shape index (κ3) is 6.08. The highest BCUT2D eigenvalue weighted by molar-refractivity contribution is 7.87. The van der Waals surface area contributed by atoms with Crippen LogP contribution in [-0.4, -0.2) is 51.8 Å². The van der Waals surface area contributed by atoms with Crippen molar-refractivity contribution in [3.63, 3.8) is 0 Å². The van der Waals surface area contributed by atoms with Crippen molar-refractivity contribution in [1.29, 1.82) is 0 Å². The first kappa shape index (κ1) is 26.8. The molecule has 3 rings (SSSR count). The lowest BCUT2D eigenvalue weighted by Gasteiger charge is -2.36. The second-order valence-corrected chi connectivity index (χ2v) is 10.4. The summed E-state index contributed by atoms with van der Waals surface area (Å²) in [6.07, 6.45) is 5.20. The van der Waals surface area contributed by atoms with Gasteiger partial charge in [-0.2, -0.15) is 0 Å². The molecule has 0 aromatic heterocycles. The molecule has 1 fully saturated rings. The Morgan fingerprint density at radius 3 is 2.51 bits per heavy atom. The van der Waals surface area contributed by atoms with E-state index in [0.717, 1.165) is 29.5 Å². The van der Waals surface area contributed by atoms with E-state index in [1.165, 1.54) is 13.2 Å². The van der Waals surface area contributed by atoms with Gasteiger partial charge in [0, 0.05) is 35.7 Å². The van der Waals surface area contributed by atoms with Gasteiger partial charge in [0.05, 0.1) is 19.8 Å². The van der Waals surface area contributed by atoms with Gasteiger partial charge in [0.15, 0.2) is 4.75 Å². The topological polar surface area (TPSA) is 72.9 Å². The van der Waals surface area contributed by atoms with E-state index in [0.29, 0.717) is 31.9 Å². The molecule has 0 N–H and O–H groups in total. The fourth-order valence-corrected chi connectivity index (χ4v) is 6.77. The van der Waals surface area contributed by atoms with Crippen LogP contribution < -0.4 is 0 Å². The third-order valence-corrected chi connectivity index (χ3v) is 8.47. The van der Waals surface area contributed by atoms with E-state index < -0.39 is 33.5 Å². The van der Waals surface area contributed by atoms with Crippen molar-refractivity contribution in [3.05, 3.63) is 77.4 Å². The lowest BCUT2D eigenvalue weighted by atomic mass is 9.89. The monoisotopic (exact) mass is 497 g/mol. The van der Waals surface area contributed by atoms with E-state index >= 15 is 0 Å². The van der Waals surface area contributed by atoms with Gasteiger partial charge in [0.2, 0.25) is 0 Å². The molecule has 1 saturated heterocycles.